The van der Waals surface area contributed by atoms with E-state index >= 15 is 0 Å². The van der Waals surface area contributed by atoms with Crippen LogP contribution in [0.15, 0.2) is 4.99 Å². The molecule has 4 rings (SSSR count). The van der Waals surface area contributed by atoms with E-state index in [1.807, 2.05) is 38.0 Å². The van der Waals surface area contributed by atoms with E-state index in [2.05, 4.69) is 33.7 Å². The van der Waals surface area contributed by atoms with Crippen LogP contribution in [0.1, 0.15) is 27.7 Å². The Labute approximate surface area is 541 Å². The number of ether oxygens (including phenoxy) is 13. The van der Waals surface area contributed by atoms with Crippen molar-refractivity contribution >= 4 is 80.4 Å². The van der Waals surface area contributed by atoms with Crippen molar-refractivity contribution < 1.29 is 147 Å². The molecule has 4 aliphatic rings. The first kappa shape index (κ1) is 88.3. The summed E-state index contributed by atoms with van der Waals surface area (Å²) in [7, 11) is 19.5. The van der Waals surface area contributed by atoms with Gasteiger partial charge in [0.1, 0.15) is 118 Å². The van der Waals surface area contributed by atoms with Crippen molar-refractivity contribution in [2.24, 2.45) is 16.5 Å². The third-order valence-corrected chi connectivity index (χ3v) is 15.6. The van der Waals surface area contributed by atoms with Gasteiger partial charge in [-0.2, -0.15) is 0 Å². The van der Waals surface area contributed by atoms with Gasteiger partial charge in [-0.1, -0.05) is 0 Å². The van der Waals surface area contributed by atoms with Crippen LogP contribution in [-0.4, -0.2) is 349 Å². The molecule has 0 spiro atoms. The van der Waals surface area contributed by atoms with Gasteiger partial charge in [0.15, 0.2) is 5.96 Å². The maximum atomic E-state index is 11.8. The first-order chi connectivity index (χ1) is 42.5. The normalized spacial score (nSPS) is 29.6. The van der Waals surface area contributed by atoms with E-state index in [1.54, 1.807) is 0 Å². The number of guanidine groups is 1. The number of hydrogen-bond donors (Lipinski definition) is 12. The molecule has 8 radical (unpaired) electrons. The molecule has 46 heteroatoms. The quantitative estimate of drug-likeness (QED) is 0.00915. The summed E-state index contributed by atoms with van der Waals surface area (Å²) in [6.45, 7) is 8.99. The molecule has 530 valence electrons. The average Bonchev–Trinajstić information content (AvgIpc) is 2.24. The summed E-state index contributed by atoms with van der Waals surface area (Å²) < 4.78 is 133. The van der Waals surface area contributed by atoms with Crippen LogP contribution in [0.25, 0.3) is 0 Å². The summed E-state index contributed by atoms with van der Waals surface area (Å²) in [6, 6.07) is -3.46. The number of carbonyl (C=O) groups is 2. The predicted molar refractivity (Wildman–Crippen MR) is 326 cm³/mol. The van der Waals surface area contributed by atoms with E-state index in [0.717, 1.165) is 6.54 Å². The first-order valence-electron chi connectivity index (χ1n) is 28.1. The van der Waals surface area contributed by atoms with Gasteiger partial charge in [-0.3, -0.25) is 32.7 Å². The number of hydrogen-bond acceptors (Lipinski definition) is 26. The van der Waals surface area contributed by atoms with Crippen molar-refractivity contribution in [3.05, 3.63) is 0 Å². The molecule has 0 aliphatic carbocycles. The number of methoxy groups -OCH3 is 4. The molecule has 0 aromatic carbocycles. The fourth-order valence-corrected chi connectivity index (χ4v) is 11.3. The van der Waals surface area contributed by atoms with Crippen LogP contribution in [0, 0.1) is 0 Å². The molecule has 38 nitrogen and oxygen atoms in total. The van der Waals surface area contributed by atoms with Gasteiger partial charge in [0.25, 0.3) is 0 Å². The number of amides is 2. The van der Waals surface area contributed by atoms with Crippen LogP contribution in [0.4, 0.5) is 0 Å². The average molecular weight is 1410 g/mol. The number of nitrogens with zero attached hydrogens (tertiary/aromatic N) is 3. The minimum atomic E-state index is -4.69. The molecule has 0 aromatic heterocycles. The fraction of sp³-hybridized carbons (Fsp3) is 0.935. The van der Waals surface area contributed by atoms with Crippen LogP contribution in [0.5, 0.6) is 0 Å². The van der Waals surface area contributed by atoms with Gasteiger partial charge < -0.3 is 133 Å². The number of nitrogens with one attached hydrogen (secondary N) is 2. The lowest BCUT2D eigenvalue weighted by Gasteiger charge is -2.26. The summed E-state index contributed by atoms with van der Waals surface area (Å²) in [6.07, 6.45) is -12.6. The second-order valence-electron chi connectivity index (χ2n) is 21.0. The third-order valence-electron chi connectivity index (χ3n) is 13.2. The number of carbonyl (C=O) groups excluding carboxylic acids is 2. The van der Waals surface area contributed by atoms with Gasteiger partial charge in [0.05, 0.1) is 57.4 Å². The highest BCUT2D eigenvalue weighted by atomic mass is 31.2. The minimum Gasteiger partial charge on any atom is -0.378 e. The first-order valence-corrected chi connectivity index (χ1v) is 34.2. The van der Waals surface area contributed by atoms with Gasteiger partial charge in [-0.25, -0.2) is 18.3 Å². The molecule has 92 heavy (non-hydrogen) atoms. The standard InChI is InChI=1S/C13H26BN2O8P.C13H27BNO8P.C10H21BN3O7P.C10H19BNO8P/c1-8(24-25(18,19)20)10-11(21-4)12(13(14)23-10)22-7-9(17)15-5-6-16(2)3;1-9(23-24(16,17)18)10-11(19-4)12(13(14)22-10)21-8-7-20-6-5-15(2)3;1-5(21-22(15,16)17)6-7(18-2)8(9(11)20-6)19-4-3-14-10(12)13;1-5(20-21(14,15)16)7-8(17-3)9(10(11)19-7)18-4-6(13)12-2/h8,10-13H,5-7H2,1-4H3,(H,15,17)(H2,18,19,20);9-13H,5-8H2,1-4H3,(H2,16,17,18);5-9H,3-4H2,1-2H3,(H4,12,13,14)(H2,15,16,17);5,7-10H,4H2,1-3H3,(H,12,13)(H2,14,15,16)/t8?,10-,11-,12-,13-;9?,10-,11-,12-,13-;5?,6-,7-,8-,9-;5?,7-,8-,9-,10-/m1111/s1. The molecule has 0 aromatic rings. The van der Waals surface area contributed by atoms with E-state index in [0.29, 0.717) is 32.9 Å². The summed E-state index contributed by atoms with van der Waals surface area (Å²) in [4.78, 5) is 102. The largest absolute Gasteiger partial charge is 0.469 e. The predicted octanol–water partition coefficient (Wildman–Crippen LogP) is -5.61. The Balaban J connectivity index is 0.000000615. The molecule has 2 amide bonds. The highest BCUT2D eigenvalue weighted by molar-refractivity contribution is 7.47. The van der Waals surface area contributed by atoms with Gasteiger partial charge in [0, 0.05) is 79.1 Å². The zero-order chi connectivity index (χ0) is 70.6. The van der Waals surface area contributed by atoms with Crippen LogP contribution in [0.3, 0.4) is 0 Å². The molecule has 4 fully saturated rings. The Morgan fingerprint density at radius 2 is 0.793 bits per heavy atom. The number of nitrogens with two attached hydrogens (primary N) is 2. The maximum absolute atomic E-state index is 11.8. The summed E-state index contributed by atoms with van der Waals surface area (Å²) in [5.74, 6) is -0.715. The van der Waals surface area contributed by atoms with Crippen molar-refractivity contribution in [1.29, 1.82) is 0 Å². The van der Waals surface area contributed by atoms with Crippen molar-refractivity contribution in [1.82, 2.24) is 20.4 Å². The molecule has 4 heterocycles. The number of likely N-dealkylation sites (N-methyl/N-ethyl adjacent to an activating group) is 3. The Kier molecular flexibility index (Phi) is 41.3. The van der Waals surface area contributed by atoms with Crippen LogP contribution in [0.2, 0.25) is 0 Å². The van der Waals surface area contributed by atoms with E-state index in [4.69, 9.17) is 144 Å². The monoisotopic (exact) mass is 1410 g/mol. The van der Waals surface area contributed by atoms with Crippen molar-refractivity contribution in [2.45, 2.75) is 149 Å². The number of phosphoric ester groups is 4. The molecule has 20 atom stereocenters. The maximum Gasteiger partial charge on any atom is 0.469 e. The molecular formula is C46H93B4N7O31P4. The second-order valence-corrected chi connectivity index (χ2v) is 25.8. The summed E-state index contributed by atoms with van der Waals surface area (Å²) in [5.41, 5.74) is 10.4. The Morgan fingerprint density at radius 1 is 0.489 bits per heavy atom. The highest BCUT2D eigenvalue weighted by Gasteiger charge is 2.51. The van der Waals surface area contributed by atoms with Crippen molar-refractivity contribution in [3.8, 4) is 0 Å². The van der Waals surface area contributed by atoms with E-state index in [-0.39, 0.29) is 44.1 Å². The molecule has 4 aliphatic heterocycles. The van der Waals surface area contributed by atoms with Crippen LogP contribution >= 0.6 is 31.3 Å². The van der Waals surface area contributed by atoms with Crippen molar-refractivity contribution in [3.63, 3.8) is 0 Å². The number of rotatable bonds is 36. The fourth-order valence-electron chi connectivity index (χ4n) is 9.13. The summed E-state index contributed by atoms with van der Waals surface area (Å²) in [5, 5.41) is 5.08. The minimum absolute atomic E-state index is 0.0552. The topological polar surface area (TPSA) is 516 Å². The van der Waals surface area contributed by atoms with E-state index in [1.165, 1.54) is 63.2 Å². The third kappa shape index (κ3) is 34.2. The number of phosphoric acid groups is 4. The SMILES string of the molecule is [B][C@@H]1O[C@H](C(C)OP(=O)(O)O)[C@@H](OC)[C@H]1OCC(=O)NC.[B][C@@H]1O[C@H](C(C)OP(=O)(O)O)[C@@H](OC)[C@H]1OCC(=O)NCCN(C)C.[B][C@@H]1O[C@H](C(C)OP(=O)(O)O)[C@@H](OC)[C@H]1OCCN=C(N)N.[B][C@@H]1O[C@H](C(C)OP(=O)(O)O)[C@@H](OC)[C@H]1OCCOCCN(C)C. The van der Waals surface area contributed by atoms with Crippen LogP contribution < -0.4 is 22.1 Å². The lowest BCUT2D eigenvalue weighted by molar-refractivity contribution is -0.131. The molecular weight excluding hydrogens is 1310 g/mol. The van der Waals surface area contributed by atoms with Gasteiger partial charge >= 0.3 is 31.3 Å². The molecule has 4 unspecified atom stereocenters. The lowest BCUT2D eigenvalue weighted by Crippen LogP contribution is -2.43. The summed E-state index contributed by atoms with van der Waals surface area (Å²) >= 11 is 0. The molecule has 0 bridgehead atoms. The lowest BCUT2D eigenvalue weighted by atomic mass is 9.92. The Morgan fingerprint density at radius 3 is 1.08 bits per heavy atom. The second kappa shape index (κ2) is 43.0. The van der Waals surface area contributed by atoms with Gasteiger partial charge in [0.2, 0.25) is 11.8 Å². The highest BCUT2D eigenvalue weighted by Crippen LogP contribution is 2.44. The van der Waals surface area contributed by atoms with Crippen molar-refractivity contribution in [2.75, 3.05) is 129 Å². The van der Waals surface area contributed by atoms with Gasteiger partial charge in [-0.15, -0.1) is 0 Å². The molecule has 0 saturated carbocycles. The van der Waals surface area contributed by atoms with Gasteiger partial charge in [-0.05, 0) is 55.9 Å². The molecule has 4 saturated heterocycles. The number of aliphatic imine (C=N–C) groups is 1. The van der Waals surface area contributed by atoms with E-state index < -0.39 is 153 Å². The zero-order valence-electron chi connectivity index (χ0n) is 53.7. The zero-order valence-corrected chi connectivity index (χ0v) is 57.3. The Hall–Kier alpha value is -1.69. The molecule has 14 N–H and O–H groups in total. The smallest absolute Gasteiger partial charge is 0.378 e. The van der Waals surface area contributed by atoms with Crippen LogP contribution in [-0.2, 0) is 108 Å². The van der Waals surface area contributed by atoms with E-state index in [9.17, 15) is 27.8 Å². The Bertz CT molecular complexity index is 2340.